The lowest BCUT2D eigenvalue weighted by Gasteiger charge is -2.40. The summed E-state index contributed by atoms with van der Waals surface area (Å²) in [4.78, 5) is 37.0. The van der Waals surface area contributed by atoms with Gasteiger partial charge in [0.15, 0.2) is 0 Å². The maximum atomic E-state index is 13.8. The number of nitrogens with one attached hydrogen (secondary N) is 3. The SMILES string of the molecule is CC(C)(C)OC(=O)N1CC[C@H]1C(=O)NCc1cccc(Cl)c1F.O=C(NCc1cccc(Cl)c1F)[C@@H]1CCN1. The lowest BCUT2D eigenvalue weighted by molar-refractivity contribution is -0.130. The van der Waals surface area contributed by atoms with Crippen LogP contribution >= 0.6 is 23.2 Å². The molecule has 212 valence electrons. The molecule has 2 saturated heterocycles. The number of carbonyl (C=O) groups is 3. The van der Waals surface area contributed by atoms with Crippen molar-refractivity contribution in [3.63, 3.8) is 0 Å². The third-order valence-electron chi connectivity index (χ3n) is 6.06. The van der Waals surface area contributed by atoms with Crippen molar-refractivity contribution in [2.75, 3.05) is 13.1 Å². The van der Waals surface area contributed by atoms with Crippen molar-refractivity contribution in [1.29, 1.82) is 0 Å². The van der Waals surface area contributed by atoms with Gasteiger partial charge in [-0.25, -0.2) is 13.6 Å². The van der Waals surface area contributed by atoms with E-state index in [9.17, 15) is 23.2 Å². The molecule has 2 aliphatic rings. The fourth-order valence-corrected chi connectivity index (χ4v) is 4.08. The summed E-state index contributed by atoms with van der Waals surface area (Å²) in [5.74, 6) is -1.44. The smallest absolute Gasteiger partial charge is 0.410 e. The van der Waals surface area contributed by atoms with Gasteiger partial charge in [0.25, 0.3) is 0 Å². The van der Waals surface area contributed by atoms with Crippen molar-refractivity contribution < 1.29 is 27.9 Å². The lowest BCUT2D eigenvalue weighted by atomic mass is 10.0. The molecular formula is C27H32Cl2F2N4O4. The van der Waals surface area contributed by atoms with Crippen LogP contribution in [0.15, 0.2) is 36.4 Å². The number of halogens is 4. The minimum atomic E-state index is -0.613. The maximum absolute atomic E-state index is 13.8. The summed E-state index contributed by atoms with van der Waals surface area (Å²) < 4.78 is 32.5. The number of benzene rings is 2. The largest absolute Gasteiger partial charge is 0.444 e. The van der Waals surface area contributed by atoms with Gasteiger partial charge in [-0.05, 0) is 52.3 Å². The van der Waals surface area contributed by atoms with Crippen LogP contribution in [-0.2, 0) is 27.4 Å². The molecule has 2 atom stereocenters. The summed E-state index contributed by atoms with van der Waals surface area (Å²) in [5, 5.41) is 8.36. The molecule has 0 saturated carbocycles. The zero-order valence-corrected chi connectivity index (χ0v) is 23.5. The Morgan fingerprint density at radius 2 is 1.46 bits per heavy atom. The number of hydrogen-bond donors (Lipinski definition) is 3. The number of ether oxygens (including phenoxy) is 1. The van der Waals surface area contributed by atoms with Crippen LogP contribution in [0.1, 0.15) is 44.7 Å². The fourth-order valence-electron chi connectivity index (χ4n) is 3.69. The van der Waals surface area contributed by atoms with Gasteiger partial charge < -0.3 is 20.7 Å². The van der Waals surface area contributed by atoms with Crippen molar-refractivity contribution in [1.82, 2.24) is 20.9 Å². The van der Waals surface area contributed by atoms with Crippen LogP contribution < -0.4 is 16.0 Å². The number of hydrogen-bond acceptors (Lipinski definition) is 5. The molecule has 39 heavy (non-hydrogen) atoms. The van der Waals surface area contributed by atoms with Gasteiger partial charge in [-0.3, -0.25) is 14.5 Å². The van der Waals surface area contributed by atoms with E-state index in [0.29, 0.717) is 24.1 Å². The standard InChI is InChI=1S/C16H20ClFN2O3.C11H12ClFN2O/c1-16(2,3)23-15(22)20-8-7-12(20)14(21)19-9-10-5-4-6-11(17)13(10)18;12-8-3-1-2-7(10(8)13)6-15-11(16)9-4-5-14-9/h4-6,12H,7-9H2,1-3H3,(H,19,21);1-3,9,14H,4-6H2,(H,15,16)/t12-;9-/m00/s1. The molecule has 3 amide bonds. The number of likely N-dealkylation sites (tertiary alicyclic amines) is 1. The highest BCUT2D eigenvalue weighted by Gasteiger charge is 2.39. The van der Waals surface area contributed by atoms with Gasteiger partial charge in [0.2, 0.25) is 11.8 Å². The Labute approximate surface area is 236 Å². The van der Waals surface area contributed by atoms with Crippen molar-refractivity contribution in [2.45, 2.75) is 64.4 Å². The molecule has 12 heteroatoms. The van der Waals surface area contributed by atoms with Gasteiger partial charge in [-0.15, -0.1) is 0 Å². The first-order chi connectivity index (χ1) is 18.4. The monoisotopic (exact) mass is 584 g/mol. The third-order valence-corrected chi connectivity index (χ3v) is 6.64. The first-order valence-electron chi connectivity index (χ1n) is 12.5. The lowest BCUT2D eigenvalue weighted by Crippen LogP contribution is -2.59. The predicted octanol–water partition coefficient (Wildman–Crippen LogP) is 4.56. The van der Waals surface area contributed by atoms with Crippen molar-refractivity contribution in [3.8, 4) is 0 Å². The third kappa shape index (κ3) is 8.52. The van der Waals surface area contributed by atoms with Gasteiger partial charge in [-0.1, -0.05) is 47.5 Å². The normalized spacial score (nSPS) is 18.1. The highest BCUT2D eigenvalue weighted by Crippen LogP contribution is 2.22. The van der Waals surface area contributed by atoms with E-state index in [-0.39, 0.29) is 41.0 Å². The van der Waals surface area contributed by atoms with E-state index in [1.165, 1.54) is 17.0 Å². The van der Waals surface area contributed by atoms with Gasteiger partial charge >= 0.3 is 6.09 Å². The van der Waals surface area contributed by atoms with Gasteiger partial charge in [0.05, 0.1) is 16.1 Å². The van der Waals surface area contributed by atoms with E-state index >= 15 is 0 Å². The van der Waals surface area contributed by atoms with Gasteiger partial charge in [-0.2, -0.15) is 0 Å². The van der Waals surface area contributed by atoms with Crippen LogP contribution in [0.3, 0.4) is 0 Å². The molecular weight excluding hydrogens is 553 g/mol. The van der Waals surface area contributed by atoms with E-state index in [4.69, 9.17) is 27.9 Å². The molecule has 0 aliphatic carbocycles. The number of amides is 3. The van der Waals surface area contributed by atoms with E-state index in [2.05, 4.69) is 16.0 Å². The van der Waals surface area contributed by atoms with Gasteiger partial charge in [0, 0.05) is 30.8 Å². The summed E-state index contributed by atoms with van der Waals surface area (Å²) in [6.45, 7) is 6.82. The topological polar surface area (TPSA) is 99.8 Å². The van der Waals surface area contributed by atoms with Crippen LogP contribution in [0.4, 0.5) is 13.6 Å². The molecule has 0 radical (unpaired) electrons. The summed E-state index contributed by atoms with van der Waals surface area (Å²) in [5.41, 5.74) is 0.0895. The van der Waals surface area contributed by atoms with E-state index in [0.717, 1.165) is 13.0 Å². The Kier molecular flexibility index (Phi) is 10.5. The maximum Gasteiger partial charge on any atom is 0.410 e. The second kappa shape index (κ2) is 13.4. The van der Waals surface area contributed by atoms with E-state index < -0.39 is 29.4 Å². The molecule has 2 heterocycles. The second-order valence-electron chi connectivity index (χ2n) is 10.1. The molecule has 2 aromatic carbocycles. The molecule has 2 fully saturated rings. The molecule has 0 aromatic heterocycles. The fraction of sp³-hybridized carbons (Fsp3) is 0.444. The zero-order valence-electron chi connectivity index (χ0n) is 22.0. The molecule has 3 N–H and O–H groups in total. The molecule has 0 unspecified atom stereocenters. The number of carbonyl (C=O) groups excluding carboxylic acids is 3. The highest BCUT2D eigenvalue weighted by atomic mass is 35.5. The molecule has 0 bridgehead atoms. The van der Waals surface area contributed by atoms with Gasteiger partial charge in [0.1, 0.15) is 23.3 Å². The Balaban J connectivity index is 0.000000230. The Bertz CT molecular complexity index is 1200. The van der Waals surface area contributed by atoms with Crippen LogP contribution in [0, 0.1) is 11.6 Å². The summed E-state index contributed by atoms with van der Waals surface area (Å²) >= 11 is 11.3. The first-order valence-corrected chi connectivity index (χ1v) is 13.3. The van der Waals surface area contributed by atoms with Crippen molar-refractivity contribution >= 4 is 41.1 Å². The van der Waals surface area contributed by atoms with Crippen molar-refractivity contribution in [2.24, 2.45) is 0 Å². The van der Waals surface area contributed by atoms with Crippen LogP contribution in [0.5, 0.6) is 0 Å². The van der Waals surface area contributed by atoms with E-state index in [1.54, 1.807) is 45.0 Å². The zero-order chi connectivity index (χ0) is 28.7. The second-order valence-corrected chi connectivity index (χ2v) is 10.9. The Morgan fingerprint density at radius 1 is 0.949 bits per heavy atom. The van der Waals surface area contributed by atoms with Crippen LogP contribution in [0.25, 0.3) is 0 Å². The van der Waals surface area contributed by atoms with E-state index in [1.807, 2.05) is 0 Å². The molecule has 0 spiro atoms. The predicted molar refractivity (Wildman–Crippen MR) is 144 cm³/mol. The van der Waals surface area contributed by atoms with Crippen molar-refractivity contribution in [3.05, 3.63) is 69.2 Å². The Morgan fingerprint density at radius 3 is 1.87 bits per heavy atom. The number of nitrogens with zero attached hydrogens (tertiary/aromatic N) is 1. The van der Waals surface area contributed by atoms with Crippen LogP contribution in [-0.4, -0.2) is 53.6 Å². The first kappa shape index (κ1) is 30.6. The minimum Gasteiger partial charge on any atom is -0.444 e. The summed E-state index contributed by atoms with van der Waals surface area (Å²) in [6.07, 6.45) is 0.880. The molecule has 4 rings (SSSR count). The molecule has 2 aliphatic heterocycles. The number of rotatable bonds is 6. The average Bonchev–Trinajstić information content (AvgIpc) is 2.78. The summed E-state index contributed by atoms with van der Waals surface area (Å²) in [7, 11) is 0. The quantitative estimate of drug-likeness (QED) is 0.462. The highest BCUT2D eigenvalue weighted by molar-refractivity contribution is 6.31. The molecule has 8 nitrogen and oxygen atoms in total. The molecule has 2 aromatic rings. The Hall–Kier alpha value is -2.95. The average molecular weight is 585 g/mol. The van der Waals surface area contributed by atoms with Crippen LogP contribution in [0.2, 0.25) is 10.0 Å². The minimum absolute atomic E-state index is 0.00998. The summed E-state index contributed by atoms with van der Waals surface area (Å²) in [6, 6.07) is 8.66.